The van der Waals surface area contributed by atoms with E-state index < -0.39 is 0 Å². The number of nitrogens with one attached hydrogen (secondary N) is 2. The number of allylic oxidation sites excluding steroid dienone is 1. The number of nitrogens with zero attached hydrogens (tertiary/aromatic N) is 1. The normalized spacial score (nSPS) is 21.0. The smallest absolute Gasteiger partial charge is 0.163 e. The van der Waals surface area contributed by atoms with Crippen LogP contribution in [0.4, 0.5) is 11.5 Å². The Labute approximate surface area is 153 Å². The average molecular weight is 349 g/mol. The zero-order chi connectivity index (χ0) is 18.3. The number of Topliss-reactive ketones (excluding diaryl/α,β-unsaturated/α-hetero) is 1. The molecule has 2 heterocycles. The van der Waals surface area contributed by atoms with Crippen molar-refractivity contribution in [2.45, 2.75) is 32.7 Å². The number of ether oxygens (including phenoxy) is 1. The topological polar surface area (TPSA) is 63.2 Å². The van der Waals surface area contributed by atoms with Gasteiger partial charge in [0.1, 0.15) is 11.6 Å². The number of aromatic nitrogens is 1. The first-order valence-electron chi connectivity index (χ1n) is 8.86. The van der Waals surface area contributed by atoms with E-state index in [1.54, 1.807) is 13.3 Å². The number of benzene rings is 1. The van der Waals surface area contributed by atoms with Gasteiger partial charge in [-0.2, -0.15) is 0 Å². The molecule has 26 heavy (non-hydrogen) atoms. The second-order valence-electron chi connectivity index (χ2n) is 7.71. The van der Waals surface area contributed by atoms with Crippen molar-refractivity contribution in [3.05, 3.63) is 59.4 Å². The third-order valence-corrected chi connectivity index (χ3v) is 5.03. The van der Waals surface area contributed by atoms with Crippen molar-refractivity contribution in [1.29, 1.82) is 0 Å². The lowest BCUT2D eigenvalue weighted by molar-refractivity contribution is -0.118. The van der Waals surface area contributed by atoms with Crippen LogP contribution in [0.1, 0.15) is 38.3 Å². The van der Waals surface area contributed by atoms with Gasteiger partial charge in [-0.1, -0.05) is 26.0 Å². The molecule has 0 amide bonds. The number of hydrogen-bond donors (Lipinski definition) is 2. The molecule has 1 unspecified atom stereocenters. The summed E-state index contributed by atoms with van der Waals surface area (Å²) in [6.45, 7) is 4.28. The van der Waals surface area contributed by atoms with E-state index in [1.807, 2.05) is 36.4 Å². The lowest BCUT2D eigenvalue weighted by Crippen LogP contribution is -2.31. The molecule has 1 aliphatic carbocycles. The fourth-order valence-electron chi connectivity index (χ4n) is 3.82. The molecular formula is C21H23N3O2. The molecule has 1 atom stereocenters. The summed E-state index contributed by atoms with van der Waals surface area (Å²) in [6.07, 6.45) is 3.14. The fourth-order valence-corrected chi connectivity index (χ4v) is 3.82. The number of pyridine rings is 1. The summed E-state index contributed by atoms with van der Waals surface area (Å²) in [6, 6.07) is 11.5. The van der Waals surface area contributed by atoms with Crippen LogP contribution in [0.25, 0.3) is 0 Å². The molecule has 2 aromatic rings. The molecule has 1 aromatic carbocycles. The molecule has 2 aliphatic rings. The van der Waals surface area contributed by atoms with E-state index in [0.717, 1.165) is 40.5 Å². The van der Waals surface area contributed by atoms with Crippen LogP contribution in [-0.2, 0) is 4.79 Å². The number of carbonyl (C=O) groups excluding carboxylic acids is 1. The Kier molecular flexibility index (Phi) is 3.94. The zero-order valence-electron chi connectivity index (χ0n) is 15.3. The van der Waals surface area contributed by atoms with Crippen LogP contribution >= 0.6 is 0 Å². The van der Waals surface area contributed by atoms with E-state index in [2.05, 4.69) is 29.5 Å². The number of hydrogen-bond acceptors (Lipinski definition) is 5. The third-order valence-electron chi connectivity index (χ3n) is 5.03. The van der Waals surface area contributed by atoms with Crippen molar-refractivity contribution in [3.63, 3.8) is 0 Å². The van der Waals surface area contributed by atoms with Gasteiger partial charge in [0, 0.05) is 23.9 Å². The van der Waals surface area contributed by atoms with Gasteiger partial charge in [0.2, 0.25) is 0 Å². The molecular weight excluding hydrogens is 326 g/mol. The van der Waals surface area contributed by atoms with Gasteiger partial charge in [-0.05, 0) is 41.7 Å². The van der Waals surface area contributed by atoms with Gasteiger partial charge < -0.3 is 15.4 Å². The zero-order valence-corrected chi connectivity index (χ0v) is 15.3. The maximum atomic E-state index is 13.1. The monoisotopic (exact) mass is 349 g/mol. The van der Waals surface area contributed by atoms with Gasteiger partial charge >= 0.3 is 0 Å². The Morgan fingerprint density at radius 2 is 1.92 bits per heavy atom. The first kappa shape index (κ1) is 16.6. The molecule has 1 aromatic heterocycles. The Hall–Kier alpha value is -2.82. The molecule has 1 aliphatic heterocycles. The largest absolute Gasteiger partial charge is 0.497 e. The number of methoxy groups -OCH3 is 1. The van der Waals surface area contributed by atoms with E-state index in [9.17, 15) is 4.79 Å². The molecule has 0 spiro atoms. The van der Waals surface area contributed by atoms with E-state index >= 15 is 0 Å². The SMILES string of the molecule is COc1ccc(C2Nc3ncccc3NC3=C2C(=O)CC(C)(C)C3)cc1. The van der Waals surface area contributed by atoms with E-state index in [1.165, 1.54) is 0 Å². The second kappa shape index (κ2) is 6.16. The third kappa shape index (κ3) is 2.94. The first-order valence-corrected chi connectivity index (χ1v) is 8.86. The highest BCUT2D eigenvalue weighted by Crippen LogP contribution is 2.44. The van der Waals surface area contributed by atoms with Gasteiger partial charge in [-0.15, -0.1) is 0 Å². The van der Waals surface area contributed by atoms with Crippen molar-refractivity contribution < 1.29 is 9.53 Å². The summed E-state index contributed by atoms with van der Waals surface area (Å²) in [5.74, 6) is 1.74. The van der Waals surface area contributed by atoms with Crippen molar-refractivity contribution in [3.8, 4) is 5.75 Å². The minimum atomic E-state index is -0.233. The summed E-state index contributed by atoms with van der Waals surface area (Å²) in [7, 11) is 1.65. The predicted molar refractivity (Wildman–Crippen MR) is 102 cm³/mol. The van der Waals surface area contributed by atoms with Crippen LogP contribution < -0.4 is 15.4 Å². The Bertz CT molecular complexity index is 884. The number of rotatable bonds is 2. The van der Waals surface area contributed by atoms with E-state index in [-0.39, 0.29) is 17.2 Å². The van der Waals surface area contributed by atoms with E-state index in [4.69, 9.17) is 4.74 Å². The van der Waals surface area contributed by atoms with Gasteiger partial charge in [0.25, 0.3) is 0 Å². The molecule has 134 valence electrons. The highest BCUT2D eigenvalue weighted by Gasteiger charge is 2.38. The summed E-state index contributed by atoms with van der Waals surface area (Å²) in [5.41, 5.74) is 3.67. The second-order valence-corrected chi connectivity index (χ2v) is 7.71. The number of anilines is 2. The van der Waals surface area contributed by atoms with Gasteiger partial charge in [-0.25, -0.2) is 4.98 Å². The van der Waals surface area contributed by atoms with Crippen LogP contribution in [0, 0.1) is 5.41 Å². The molecule has 0 fully saturated rings. The first-order chi connectivity index (χ1) is 12.5. The van der Waals surface area contributed by atoms with Gasteiger partial charge in [0.05, 0.1) is 18.8 Å². The number of ketones is 1. The van der Waals surface area contributed by atoms with Gasteiger partial charge in [0.15, 0.2) is 5.78 Å². The Morgan fingerprint density at radius 3 is 2.65 bits per heavy atom. The summed E-state index contributed by atoms with van der Waals surface area (Å²) in [4.78, 5) is 17.5. The fraction of sp³-hybridized carbons (Fsp3) is 0.333. The molecule has 4 rings (SSSR count). The van der Waals surface area contributed by atoms with Crippen molar-refractivity contribution in [1.82, 2.24) is 4.98 Å². The van der Waals surface area contributed by atoms with Crippen LogP contribution in [0.5, 0.6) is 5.75 Å². The summed E-state index contributed by atoms with van der Waals surface area (Å²) >= 11 is 0. The number of fused-ring (bicyclic) bond motifs is 1. The molecule has 5 heteroatoms. The van der Waals surface area contributed by atoms with Crippen molar-refractivity contribution >= 4 is 17.3 Å². The van der Waals surface area contributed by atoms with E-state index in [0.29, 0.717) is 6.42 Å². The van der Waals surface area contributed by atoms with Crippen molar-refractivity contribution in [2.75, 3.05) is 17.7 Å². The van der Waals surface area contributed by atoms with Gasteiger partial charge in [-0.3, -0.25) is 4.79 Å². The quantitative estimate of drug-likeness (QED) is 0.846. The summed E-state index contributed by atoms with van der Waals surface area (Å²) < 4.78 is 5.27. The highest BCUT2D eigenvalue weighted by molar-refractivity contribution is 6.00. The minimum Gasteiger partial charge on any atom is -0.497 e. The molecule has 0 radical (unpaired) electrons. The molecule has 2 N–H and O–H groups in total. The standard InChI is InChI=1S/C21H23N3O2/c1-21(2)11-16-18(17(25)12-21)19(13-6-8-14(26-3)9-7-13)24-20-15(23-16)5-4-10-22-20/h4-10,19,23H,11-12H2,1-3H3,(H,22,24). The van der Waals surface area contributed by atoms with Crippen molar-refractivity contribution in [2.24, 2.45) is 5.41 Å². The minimum absolute atomic E-state index is 0.0555. The molecule has 5 nitrogen and oxygen atoms in total. The van der Waals surface area contributed by atoms with Crippen LogP contribution in [0.2, 0.25) is 0 Å². The predicted octanol–water partition coefficient (Wildman–Crippen LogP) is 4.31. The van der Waals surface area contributed by atoms with Crippen LogP contribution in [0.15, 0.2) is 53.9 Å². The van der Waals surface area contributed by atoms with Crippen LogP contribution in [0.3, 0.4) is 0 Å². The molecule has 0 saturated heterocycles. The lowest BCUT2D eigenvalue weighted by atomic mass is 9.73. The highest BCUT2D eigenvalue weighted by atomic mass is 16.5. The maximum absolute atomic E-state index is 13.1. The maximum Gasteiger partial charge on any atom is 0.163 e. The molecule has 0 bridgehead atoms. The van der Waals surface area contributed by atoms with Crippen LogP contribution in [-0.4, -0.2) is 17.9 Å². The Balaban J connectivity index is 1.85. The molecule has 0 saturated carbocycles. The average Bonchev–Trinajstić information content (AvgIpc) is 2.77. The lowest BCUT2D eigenvalue weighted by Gasteiger charge is -2.34. The Morgan fingerprint density at radius 1 is 1.15 bits per heavy atom. The number of carbonyl (C=O) groups is 1. The summed E-state index contributed by atoms with van der Waals surface area (Å²) in [5, 5.41) is 6.96.